The van der Waals surface area contributed by atoms with E-state index in [1.54, 1.807) is 0 Å². The molecule has 0 aromatic carbocycles. The molecule has 17 heavy (non-hydrogen) atoms. The van der Waals surface area contributed by atoms with E-state index < -0.39 is 31.1 Å². The van der Waals surface area contributed by atoms with E-state index in [9.17, 15) is 14.4 Å². The Kier molecular flexibility index (Phi) is 3.59. The molecule has 1 atom stereocenters. The Morgan fingerprint density at radius 2 is 1.65 bits per heavy atom. The van der Waals surface area contributed by atoms with Crippen molar-refractivity contribution in [3.05, 3.63) is 0 Å². The molecule has 0 bridgehead atoms. The van der Waals surface area contributed by atoms with Gasteiger partial charge in [-0.25, -0.2) is 4.79 Å². The van der Waals surface area contributed by atoms with Crippen LogP contribution in [0.3, 0.4) is 0 Å². The summed E-state index contributed by atoms with van der Waals surface area (Å²) in [5.41, 5.74) is 0.00772. The van der Waals surface area contributed by atoms with Gasteiger partial charge in [-0.05, 0) is 11.8 Å². The van der Waals surface area contributed by atoms with Gasteiger partial charge in [-0.1, -0.05) is 13.8 Å². The zero-order chi connectivity index (χ0) is 13.2. The van der Waals surface area contributed by atoms with Crippen molar-refractivity contribution in [2.24, 2.45) is 5.41 Å². The third-order valence-electron chi connectivity index (χ3n) is 2.75. The number of rotatable bonds is 5. The predicted octanol–water partition coefficient (Wildman–Crippen LogP) is -0.0343. The van der Waals surface area contributed by atoms with Gasteiger partial charge < -0.3 is 20.4 Å². The molecule has 0 aromatic rings. The van der Waals surface area contributed by atoms with Gasteiger partial charge in [0.2, 0.25) is 0 Å². The van der Waals surface area contributed by atoms with E-state index >= 15 is 0 Å². The molecule has 1 rings (SSSR count). The second kappa shape index (κ2) is 4.60. The minimum absolute atomic E-state index is 0.00772. The molecule has 96 valence electrons. The molecule has 1 aliphatic rings. The Balaban J connectivity index is 2.53. The molecule has 0 aromatic heterocycles. The van der Waals surface area contributed by atoms with Gasteiger partial charge in [0.25, 0.3) is 0 Å². The monoisotopic (exact) mass is 244 g/mol. The smallest absolute Gasteiger partial charge is 0.323 e. The number of urea groups is 1. The second-order valence-corrected chi connectivity index (χ2v) is 4.84. The van der Waals surface area contributed by atoms with Gasteiger partial charge in [0.05, 0.1) is 0 Å². The van der Waals surface area contributed by atoms with E-state index in [1.165, 1.54) is 0 Å². The maximum atomic E-state index is 11.6. The Morgan fingerprint density at radius 1 is 1.24 bits per heavy atom. The summed E-state index contributed by atoms with van der Waals surface area (Å²) in [6.07, 6.45) is 0.812. The molecule has 0 saturated heterocycles. The number of carboxylic acid groups (broad SMARTS) is 2. The third kappa shape index (κ3) is 3.93. The van der Waals surface area contributed by atoms with Crippen LogP contribution in [0.5, 0.6) is 0 Å². The van der Waals surface area contributed by atoms with Crippen LogP contribution in [0, 0.1) is 5.41 Å². The first-order chi connectivity index (χ1) is 7.72. The van der Waals surface area contributed by atoms with E-state index in [4.69, 9.17) is 10.2 Å². The van der Waals surface area contributed by atoms with E-state index in [0.29, 0.717) is 0 Å². The molecule has 0 radical (unpaired) electrons. The Labute approximate surface area is 98.4 Å². The van der Waals surface area contributed by atoms with Gasteiger partial charge >= 0.3 is 18.0 Å². The highest BCUT2D eigenvalue weighted by Crippen LogP contribution is 2.44. The largest absolute Gasteiger partial charge is 0.480 e. The standard InChI is InChI=1S/C10H16N2O5/c1-10(2)3-6(10)11-9(17)12(4-7(13)14)5-8(15)16/h6H,3-5H2,1-2H3,(H,11,17)(H,13,14)(H,15,16). The zero-order valence-electron chi connectivity index (χ0n) is 9.77. The van der Waals surface area contributed by atoms with E-state index in [1.807, 2.05) is 13.8 Å². The van der Waals surface area contributed by atoms with Crippen LogP contribution < -0.4 is 5.32 Å². The van der Waals surface area contributed by atoms with Crippen molar-refractivity contribution < 1.29 is 24.6 Å². The van der Waals surface area contributed by atoms with E-state index in [-0.39, 0.29) is 11.5 Å². The third-order valence-corrected chi connectivity index (χ3v) is 2.75. The maximum absolute atomic E-state index is 11.6. The first-order valence-electron chi connectivity index (χ1n) is 5.21. The highest BCUT2D eigenvalue weighted by atomic mass is 16.4. The van der Waals surface area contributed by atoms with Gasteiger partial charge in [-0.3, -0.25) is 9.59 Å². The zero-order valence-corrected chi connectivity index (χ0v) is 9.77. The van der Waals surface area contributed by atoms with Crippen LogP contribution in [-0.4, -0.2) is 52.2 Å². The summed E-state index contributed by atoms with van der Waals surface area (Å²) in [5, 5.41) is 19.8. The van der Waals surface area contributed by atoms with Crippen LogP contribution in [-0.2, 0) is 9.59 Å². The molecule has 0 heterocycles. The molecule has 1 unspecified atom stereocenters. The quantitative estimate of drug-likeness (QED) is 0.629. The van der Waals surface area contributed by atoms with Gasteiger partial charge in [-0.2, -0.15) is 0 Å². The number of aliphatic carboxylic acids is 2. The van der Waals surface area contributed by atoms with Crippen molar-refractivity contribution in [1.29, 1.82) is 0 Å². The summed E-state index contributed by atoms with van der Waals surface area (Å²) in [5.74, 6) is -2.48. The van der Waals surface area contributed by atoms with Gasteiger partial charge in [-0.15, -0.1) is 0 Å². The first kappa shape index (κ1) is 13.3. The lowest BCUT2D eigenvalue weighted by molar-refractivity contribution is -0.140. The van der Waals surface area contributed by atoms with Crippen LogP contribution in [0.4, 0.5) is 4.79 Å². The summed E-state index contributed by atoms with van der Waals surface area (Å²) in [6.45, 7) is 2.70. The summed E-state index contributed by atoms with van der Waals surface area (Å²) in [6, 6.07) is -0.662. The molecular weight excluding hydrogens is 228 g/mol. The fourth-order valence-electron chi connectivity index (χ4n) is 1.48. The van der Waals surface area contributed by atoms with Crippen molar-refractivity contribution in [1.82, 2.24) is 10.2 Å². The molecular formula is C10H16N2O5. The topological polar surface area (TPSA) is 107 Å². The van der Waals surface area contributed by atoms with Crippen LogP contribution in [0.2, 0.25) is 0 Å². The van der Waals surface area contributed by atoms with Crippen LogP contribution in [0.15, 0.2) is 0 Å². The fourth-order valence-corrected chi connectivity index (χ4v) is 1.48. The first-order valence-corrected chi connectivity index (χ1v) is 5.21. The minimum atomic E-state index is -1.24. The number of amides is 2. The molecule has 1 fully saturated rings. The predicted molar refractivity (Wildman–Crippen MR) is 57.6 cm³/mol. The summed E-state index contributed by atoms with van der Waals surface area (Å²) in [7, 11) is 0. The molecule has 3 N–H and O–H groups in total. The van der Waals surface area contributed by atoms with Gasteiger partial charge in [0.1, 0.15) is 13.1 Å². The number of nitrogens with zero attached hydrogens (tertiary/aromatic N) is 1. The summed E-state index contributed by atoms with van der Waals surface area (Å²) < 4.78 is 0. The van der Waals surface area contributed by atoms with Crippen LogP contribution in [0.25, 0.3) is 0 Å². The fraction of sp³-hybridized carbons (Fsp3) is 0.700. The molecule has 0 aliphatic heterocycles. The molecule has 1 aliphatic carbocycles. The van der Waals surface area contributed by atoms with Crippen LogP contribution in [0.1, 0.15) is 20.3 Å². The summed E-state index contributed by atoms with van der Waals surface area (Å²) >= 11 is 0. The SMILES string of the molecule is CC1(C)CC1NC(=O)N(CC(=O)O)CC(=O)O. The lowest BCUT2D eigenvalue weighted by Gasteiger charge is -2.19. The van der Waals surface area contributed by atoms with E-state index in [0.717, 1.165) is 11.3 Å². The van der Waals surface area contributed by atoms with Crippen molar-refractivity contribution in [3.8, 4) is 0 Å². The number of nitrogens with one attached hydrogen (secondary N) is 1. The van der Waals surface area contributed by atoms with Crippen LogP contribution >= 0.6 is 0 Å². The molecule has 7 heteroatoms. The number of carboxylic acids is 2. The second-order valence-electron chi connectivity index (χ2n) is 4.84. The molecule has 2 amide bonds. The number of hydrogen-bond donors (Lipinski definition) is 3. The average Bonchev–Trinajstić information content (AvgIpc) is 2.70. The highest BCUT2D eigenvalue weighted by molar-refractivity contribution is 5.84. The van der Waals surface area contributed by atoms with Crippen molar-refractivity contribution in [2.75, 3.05) is 13.1 Å². The summed E-state index contributed by atoms with van der Waals surface area (Å²) in [4.78, 5) is 33.4. The normalized spacial score (nSPS) is 20.5. The van der Waals surface area contributed by atoms with Crippen molar-refractivity contribution in [2.45, 2.75) is 26.3 Å². The Bertz CT molecular complexity index is 337. The lowest BCUT2D eigenvalue weighted by Crippen LogP contribution is -2.46. The van der Waals surface area contributed by atoms with Crippen molar-refractivity contribution in [3.63, 3.8) is 0 Å². The molecule has 7 nitrogen and oxygen atoms in total. The maximum Gasteiger partial charge on any atom is 0.323 e. The number of carbonyl (C=O) groups is 3. The number of hydrogen-bond acceptors (Lipinski definition) is 3. The minimum Gasteiger partial charge on any atom is -0.480 e. The lowest BCUT2D eigenvalue weighted by atomic mass is 10.2. The van der Waals surface area contributed by atoms with E-state index in [2.05, 4.69) is 5.32 Å². The van der Waals surface area contributed by atoms with Gasteiger partial charge in [0.15, 0.2) is 0 Å². The van der Waals surface area contributed by atoms with Crippen molar-refractivity contribution >= 4 is 18.0 Å². The molecule has 0 spiro atoms. The number of carbonyl (C=O) groups excluding carboxylic acids is 1. The molecule has 1 saturated carbocycles. The average molecular weight is 244 g/mol. The Hall–Kier alpha value is -1.79. The Morgan fingerprint density at radius 3 is 1.94 bits per heavy atom. The highest BCUT2D eigenvalue weighted by Gasteiger charge is 2.47. The van der Waals surface area contributed by atoms with Gasteiger partial charge in [0, 0.05) is 6.04 Å².